The second-order valence-electron chi connectivity index (χ2n) is 7.99. The first-order valence-corrected chi connectivity index (χ1v) is 11.2. The van der Waals surface area contributed by atoms with Crippen LogP contribution in [0.1, 0.15) is 42.4 Å². The third kappa shape index (κ3) is 2.99. The standard InChI is InChI=1S/C22H24N2O2S/c25-27(26,18-10-9-16-5-1-2-6-17(16)13-18)24-15-22(11-12-22)20-14-23-21-8-4-3-7-19(20)21/h3-4,7-10,13-14,23-24H,1-2,5-6,11-12,15H2. The molecule has 4 nitrogen and oxygen atoms in total. The van der Waals surface area contributed by atoms with Crippen molar-refractivity contribution in [3.63, 3.8) is 0 Å². The van der Waals surface area contributed by atoms with E-state index in [1.54, 1.807) is 6.07 Å². The summed E-state index contributed by atoms with van der Waals surface area (Å²) in [5.74, 6) is 0. The molecule has 140 valence electrons. The number of hydrogen-bond acceptors (Lipinski definition) is 2. The number of aromatic amines is 1. The van der Waals surface area contributed by atoms with Crippen molar-refractivity contribution < 1.29 is 8.42 Å². The normalized spacial score (nSPS) is 18.4. The van der Waals surface area contributed by atoms with Gasteiger partial charge in [-0.05, 0) is 73.4 Å². The number of para-hydroxylation sites is 1. The van der Waals surface area contributed by atoms with Crippen molar-refractivity contribution in [2.75, 3.05) is 6.54 Å². The number of benzene rings is 2. The quantitative estimate of drug-likeness (QED) is 0.701. The van der Waals surface area contributed by atoms with Gasteiger partial charge in [-0.25, -0.2) is 13.1 Å². The molecule has 1 heterocycles. The van der Waals surface area contributed by atoms with Gasteiger partial charge in [0.05, 0.1) is 4.90 Å². The highest BCUT2D eigenvalue weighted by Gasteiger charge is 2.46. The SMILES string of the molecule is O=S(=O)(NCC1(c2c[nH]c3ccccc23)CC1)c1ccc2c(c1)CCCC2. The Morgan fingerprint density at radius 3 is 2.59 bits per heavy atom. The maximum absolute atomic E-state index is 12.9. The fourth-order valence-corrected chi connectivity index (χ4v) is 5.57. The van der Waals surface area contributed by atoms with Gasteiger partial charge < -0.3 is 4.98 Å². The van der Waals surface area contributed by atoms with Gasteiger partial charge in [0.1, 0.15) is 0 Å². The molecule has 27 heavy (non-hydrogen) atoms. The van der Waals surface area contributed by atoms with E-state index in [2.05, 4.69) is 21.8 Å². The maximum Gasteiger partial charge on any atom is 0.240 e. The third-order valence-corrected chi connectivity index (χ3v) is 7.64. The van der Waals surface area contributed by atoms with Gasteiger partial charge in [-0.3, -0.25) is 0 Å². The van der Waals surface area contributed by atoms with E-state index in [9.17, 15) is 8.42 Å². The number of nitrogens with one attached hydrogen (secondary N) is 2. The van der Waals surface area contributed by atoms with Crippen LogP contribution in [0, 0.1) is 0 Å². The molecular weight excluding hydrogens is 356 g/mol. The third-order valence-electron chi connectivity index (χ3n) is 6.24. The van der Waals surface area contributed by atoms with E-state index in [0.717, 1.165) is 37.6 Å². The molecule has 1 fully saturated rings. The Hall–Kier alpha value is -2.11. The Morgan fingerprint density at radius 2 is 1.78 bits per heavy atom. The number of fused-ring (bicyclic) bond motifs is 2. The molecule has 5 rings (SSSR count). The molecule has 0 atom stereocenters. The lowest BCUT2D eigenvalue weighted by Gasteiger charge is -2.18. The van der Waals surface area contributed by atoms with Crippen LogP contribution in [0.2, 0.25) is 0 Å². The van der Waals surface area contributed by atoms with Crippen molar-refractivity contribution in [1.82, 2.24) is 9.71 Å². The lowest BCUT2D eigenvalue weighted by molar-refractivity contribution is 0.567. The second-order valence-corrected chi connectivity index (χ2v) is 9.76. The zero-order valence-corrected chi connectivity index (χ0v) is 16.1. The lowest BCUT2D eigenvalue weighted by atomic mass is 9.92. The van der Waals surface area contributed by atoms with Crippen LogP contribution in [0.4, 0.5) is 0 Å². The molecule has 2 aromatic carbocycles. The smallest absolute Gasteiger partial charge is 0.240 e. The molecule has 0 radical (unpaired) electrons. The van der Waals surface area contributed by atoms with Crippen LogP contribution < -0.4 is 4.72 Å². The molecular formula is C22H24N2O2S. The van der Waals surface area contributed by atoms with Gasteiger partial charge >= 0.3 is 0 Å². The van der Waals surface area contributed by atoms with Crippen LogP contribution in [0.5, 0.6) is 0 Å². The summed E-state index contributed by atoms with van der Waals surface area (Å²) in [6, 6.07) is 13.9. The fourth-order valence-electron chi connectivity index (χ4n) is 4.40. The lowest BCUT2D eigenvalue weighted by Crippen LogP contribution is -2.32. The van der Waals surface area contributed by atoms with Crippen LogP contribution in [0.3, 0.4) is 0 Å². The Labute approximate surface area is 160 Å². The molecule has 0 bridgehead atoms. The van der Waals surface area contributed by atoms with E-state index >= 15 is 0 Å². The highest BCUT2D eigenvalue weighted by Crippen LogP contribution is 2.50. The van der Waals surface area contributed by atoms with E-state index in [4.69, 9.17) is 0 Å². The van der Waals surface area contributed by atoms with E-state index in [1.807, 2.05) is 30.5 Å². The summed E-state index contributed by atoms with van der Waals surface area (Å²) in [7, 11) is -3.49. The summed E-state index contributed by atoms with van der Waals surface area (Å²) in [5, 5.41) is 1.20. The number of H-pyrrole nitrogens is 1. The Bertz CT molecular complexity index is 1110. The Balaban J connectivity index is 1.39. The Kier molecular flexibility index (Phi) is 3.92. The van der Waals surface area contributed by atoms with Crippen molar-refractivity contribution in [2.24, 2.45) is 0 Å². The predicted octanol–water partition coefficient (Wildman–Crippen LogP) is 4.06. The highest BCUT2D eigenvalue weighted by atomic mass is 32.2. The molecule has 5 heteroatoms. The zero-order chi connectivity index (χ0) is 18.5. The minimum atomic E-state index is -3.49. The molecule has 0 aliphatic heterocycles. The highest BCUT2D eigenvalue weighted by molar-refractivity contribution is 7.89. The first-order chi connectivity index (χ1) is 13.1. The van der Waals surface area contributed by atoms with Crippen LogP contribution in [-0.2, 0) is 28.3 Å². The first kappa shape index (κ1) is 17.0. The molecule has 2 aliphatic carbocycles. The summed E-state index contributed by atoms with van der Waals surface area (Å²) in [4.78, 5) is 3.72. The first-order valence-electron chi connectivity index (χ1n) is 9.76. The van der Waals surface area contributed by atoms with Gasteiger partial charge in [0, 0.05) is 29.1 Å². The molecule has 1 saturated carbocycles. The molecule has 1 aromatic heterocycles. The fraction of sp³-hybridized carbons (Fsp3) is 0.364. The van der Waals surface area contributed by atoms with E-state index in [-0.39, 0.29) is 5.41 Å². The van der Waals surface area contributed by atoms with Crippen molar-refractivity contribution in [1.29, 1.82) is 0 Å². The second kappa shape index (κ2) is 6.21. The van der Waals surface area contributed by atoms with Crippen LogP contribution in [0.15, 0.2) is 53.6 Å². The topological polar surface area (TPSA) is 62.0 Å². The van der Waals surface area contributed by atoms with Gasteiger partial charge in [0.2, 0.25) is 10.0 Å². The molecule has 2 aliphatic rings. The van der Waals surface area contributed by atoms with Gasteiger partial charge in [0.15, 0.2) is 0 Å². The van der Waals surface area contributed by atoms with Gasteiger partial charge in [-0.2, -0.15) is 0 Å². The number of aryl methyl sites for hydroxylation is 2. The summed E-state index contributed by atoms with van der Waals surface area (Å²) < 4.78 is 28.7. The van der Waals surface area contributed by atoms with Gasteiger partial charge in [-0.15, -0.1) is 0 Å². The van der Waals surface area contributed by atoms with Crippen LogP contribution in [-0.4, -0.2) is 19.9 Å². The zero-order valence-electron chi connectivity index (χ0n) is 15.3. The largest absolute Gasteiger partial charge is 0.361 e. The van der Waals surface area contributed by atoms with E-state index in [1.165, 1.54) is 28.5 Å². The number of rotatable bonds is 5. The van der Waals surface area contributed by atoms with Gasteiger partial charge in [0.25, 0.3) is 0 Å². The minimum Gasteiger partial charge on any atom is -0.361 e. The van der Waals surface area contributed by atoms with Crippen molar-refractivity contribution in [3.8, 4) is 0 Å². The molecule has 2 N–H and O–H groups in total. The number of aromatic nitrogens is 1. The van der Waals surface area contributed by atoms with Crippen LogP contribution in [0.25, 0.3) is 10.9 Å². The maximum atomic E-state index is 12.9. The van der Waals surface area contributed by atoms with E-state index < -0.39 is 10.0 Å². The predicted molar refractivity (Wildman–Crippen MR) is 107 cm³/mol. The Morgan fingerprint density at radius 1 is 1.00 bits per heavy atom. The summed E-state index contributed by atoms with van der Waals surface area (Å²) >= 11 is 0. The number of hydrogen-bond donors (Lipinski definition) is 2. The monoisotopic (exact) mass is 380 g/mol. The van der Waals surface area contributed by atoms with Crippen molar-refractivity contribution >= 4 is 20.9 Å². The summed E-state index contributed by atoms with van der Waals surface area (Å²) in [5.41, 5.74) is 4.75. The molecule has 0 amide bonds. The molecule has 0 saturated heterocycles. The van der Waals surface area contributed by atoms with Gasteiger partial charge in [-0.1, -0.05) is 24.3 Å². The average molecular weight is 381 g/mol. The van der Waals surface area contributed by atoms with E-state index in [0.29, 0.717) is 11.4 Å². The molecule has 3 aromatic rings. The molecule has 0 unspecified atom stereocenters. The van der Waals surface area contributed by atoms with Crippen molar-refractivity contribution in [3.05, 3.63) is 65.4 Å². The summed E-state index contributed by atoms with van der Waals surface area (Å²) in [6.07, 6.45) is 8.47. The number of sulfonamides is 1. The van der Waals surface area contributed by atoms with Crippen LogP contribution >= 0.6 is 0 Å². The van der Waals surface area contributed by atoms with Crippen molar-refractivity contribution in [2.45, 2.75) is 48.8 Å². The minimum absolute atomic E-state index is 0.0825. The summed E-state index contributed by atoms with van der Waals surface area (Å²) in [6.45, 7) is 0.453. The average Bonchev–Trinajstić information content (AvgIpc) is 3.36. The molecule has 0 spiro atoms.